The average Bonchev–Trinajstić information content (AvgIpc) is 2.37. The van der Waals surface area contributed by atoms with Crippen LogP contribution in [0.25, 0.3) is 0 Å². The van der Waals surface area contributed by atoms with Crippen LogP contribution in [0.2, 0.25) is 0 Å². The molecule has 1 aliphatic rings. The predicted molar refractivity (Wildman–Crippen MR) is 70.8 cm³/mol. The SMILES string of the molecule is FC(F)(F)COc1ccc(N2CCN(S)CC2)cc1. The quantitative estimate of drug-likeness (QED) is 0.862. The summed E-state index contributed by atoms with van der Waals surface area (Å²) in [7, 11) is 0. The van der Waals surface area contributed by atoms with E-state index in [1.165, 1.54) is 0 Å². The Morgan fingerprint density at radius 3 is 2.16 bits per heavy atom. The van der Waals surface area contributed by atoms with E-state index in [1.54, 1.807) is 24.3 Å². The van der Waals surface area contributed by atoms with Crippen LogP contribution < -0.4 is 9.64 Å². The number of thiol groups is 1. The number of alkyl halides is 3. The van der Waals surface area contributed by atoms with Crippen LogP contribution in [0.15, 0.2) is 24.3 Å². The van der Waals surface area contributed by atoms with Crippen LogP contribution in [-0.2, 0) is 0 Å². The third kappa shape index (κ3) is 4.50. The molecule has 1 saturated heterocycles. The van der Waals surface area contributed by atoms with Crippen molar-refractivity contribution in [2.24, 2.45) is 0 Å². The molecule has 106 valence electrons. The summed E-state index contributed by atoms with van der Waals surface area (Å²) < 4.78 is 42.6. The normalized spacial score (nSPS) is 17.6. The highest BCUT2D eigenvalue weighted by molar-refractivity contribution is 7.77. The van der Waals surface area contributed by atoms with Crippen molar-refractivity contribution < 1.29 is 17.9 Å². The summed E-state index contributed by atoms with van der Waals surface area (Å²) in [5, 5.41) is 0. The first kappa shape index (κ1) is 14.3. The van der Waals surface area contributed by atoms with Crippen molar-refractivity contribution in [1.29, 1.82) is 0 Å². The Balaban J connectivity index is 1.91. The van der Waals surface area contributed by atoms with Gasteiger partial charge in [-0.3, -0.25) is 0 Å². The number of nitrogens with zero attached hydrogens (tertiary/aromatic N) is 2. The van der Waals surface area contributed by atoms with Crippen LogP contribution in [-0.4, -0.2) is 43.3 Å². The summed E-state index contributed by atoms with van der Waals surface area (Å²) in [4.78, 5) is 2.17. The van der Waals surface area contributed by atoms with Crippen molar-refractivity contribution in [3.8, 4) is 5.75 Å². The van der Waals surface area contributed by atoms with Crippen molar-refractivity contribution in [1.82, 2.24) is 4.31 Å². The lowest BCUT2D eigenvalue weighted by molar-refractivity contribution is -0.153. The second-order valence-electron chi connectivity index (χ2n) is 4.34. The Morgan fingerprint density at radius 1 is 1.05 bits per heavy atom. The van der Waals surface area contributed by atoms with Crippen molar-refractivity contribution in [2.45, 2.75) is 6.18 Å². The molecule has 2 rings (SSSR count). The van der Waals surface area contributed by atoms with Gasteiger partial charge in [-0.1, -0.05) is 12.8 Å². The van der Waals surface area contributed by atoms with E-state index in [9.17, 15) is 13.2 Å². The highest BCUT2D eigenvalue weighted by Crippen LogP contribution is 2.23. The van der Waals surface area contributed by atoms with Crippen molar-refractivity contribution in [2.75, 3.05) is 37.7 Å². The van der Waals surface area contributed by atoms with E-state index in [0.717, 1.165) is 31.9 Å². The van der Waals surface area contributed by atoms with Gasteiger partial charge in [0.25, 0.3) is 0 Å². The monoisotopic (exact) mass is 292 g/mol. The highest BCUT2D eigenvalue weighted by Gasteiger charge is 2.28. The fourth-order valence-corrected chi connectivity index (χ4v) is 2.05. The van der Waals surface area contributed by atoms with Gasteiger partial charge in [0.15, 0.2) is 6.61 Å². The zero-order valence-electron chi connectivity index (χ0n) is 10.2. The summed E-state index contributed by atoms with van der Waals surface area (Å²) in [6.07, 6.45) is -4.30. The van der Waals surface area contributed by atoms with E-state index in [-0.39, 0.29) is 5.75 Å². The first-order chi connectivity index (χ1) is 8.94. The lowest BCUT2D eigenvalue weighted by Crippen LogP contribution is -2.42. The van der Waals surface area contributed by atoms with Gasteiger partial charge < -0.3 is 9.64 Å². The van der Waals surface area contributed by atoms with Crippen LogP contribution >= 0.6 is 12.8 Å². The summed E-state index contributed by atoms with van der Waals surface area (Å²) >= 11 is 4.27. The number of benzene rings is 1. The van der Waals surface area contributed by atoms with E-state index in [2.05, 4.69) is 22.5 Å². The van der Waals surface area contributed by atoms with E-state index >= 15 is 0 Å². The summed E-state index contributed by atoms with van der Waals surface area (Å²) in [5.74, 6) is 0.230. The summed E-state index contributed by atoms with van der Waals surface area (Å²) in [6, 6.07) is 6.68. The topological polar surface area (TPSA) is 15.7 Å². The number of ether oxygens (including phenoxy) is 1. The Kier molecular flexibility index (Phi) is 4.46. The first-order valence-electron chi connectivity index (χ1n) is 5.92. The van der Waals surface area contributed by atoms with Crippen LogP contribution in [0.3, 0.4) is 0 Å². The molecule has 0 unspecified atom stereocenters. The van der Waals surface area contributed by atoms with Crippen LogP contribution in [0, 0.1) is 0 Å². The maximum atomic E-state index is 12.0. The molecule has 1 aromatic rings. The fourth-order valence-electron chi connectivity index (χ4n) is 1.87. The summed E-state index contributed by atoms with van der Waals surface area (Å²) in [6.45, 7) is 2.16. The van der Waals surface area contributed by atoms with Crippen molar-refractivity contribution in [3.63, 3.8) is 0 Å². The molecule has 0 saturated carbocycles. The molecule has 0 bridgehead atoms. The van der Waals surface area contributed by atoms with Gasteiger partial charge in [-0.25, -0.2) is 4.31 Å². The zero-order chi connectivity index (χ0) is 13.9. The van der Waals surface area contributed by atoms with Gasteiger partial charge in [-0.05, 0) is 24.3 Å². The molecule has 1 fully saturated rings. The van der Waals surface area contributed by atoms with Crippen LogP contribution in [0.5, 0.6) is 5.75 Å². The number of hydrogen-bond donors (Lipinski definition) is 1. The predicted octanol–water partition coefficient (Wildman–Crippen LogP) is 2.59. The standard InChI is InChI=1S/C12H15F3N2OS/c13-12(14,15)9-18-11-3-1-10(2-4-11)16-5-7-17(19)8-6-16/h1-4,19H,5-9H2. The molecule has 19 heavy (non-hydrogen) atoms. The molecule has 7 heteroatoms. The van der Waals surface area contributed by atoms with Gasteiger partial charge in [0.2, 0.25) is 0 Å². The number of hydrogen-bond acceptors (Lipinski definition) is 4. The van der Waals surface area contributed by atoms with Crippen LogP contribution in [0.4, 0.5) is 18.9 Å². The Labute approximate surface area is 115 Å². The van der Waals surface area contributed by atoms with Crippen LogP contribution in [0.1, 0.15) is 0 Å². The average molecular weight is 292 g/mol. The van der Waals surface area contributed by atoms with E-state index < -0.39 is 12.8 Å². The molecule has 0 amide bonds. The Hall–Kier alpha value is -1.08. The van der Waals surface area contributed by atoms with Gasteiger partial charge in [0, 0.05) is 31.9 Å². The lowest BCUT2D eigenvalue weighted by atomic mass is 10.2. The van der Waals surface area contributed by atoms with E-state index in [0.29, 0.717) is 0 Å². The highest BCUT2D eigenvalue weighted by atomic mass is 32.1. The minimum Gasteiger partial charge on any atom is -0.484 e. The van der Waals surface area contributed by atoms with Crippen molar-refractivity contribution in [3.05, 3.63) is 24.3 Å². The third-order valence-electron chi connectivity index (χ3n) is 2.86. The summed E-state index contributed by atoms with van der Waals surface area (Å²) in [5.41, 5.74) is 0.987. The van der Waals surface area contributed by atoms with E-state index in [4.69, 9.17) is 0 Å². The van der Waals surface area contributed by atoms with E-state index in [1.807, 2.05) is 4.31 Å². The second kappa shape index (κ2) is 5.92. The van der Waals surface area contributed by atoms with Crippen molar-refractivity contribution >= 4 is 18.5 Å². The smallest absolute Gasteiger partial charge is 0.422 e. The number of anilines is 1. The molecule has 0 atom stereocenters. The second-order valence-corrected chi connectivity index (χ2v) is 4.90. The third-order valence-corrected chi connectivity index (χ3v) is 3.26. The molecular weight excluding hydrogens is 277 g/mol. The zero-order valence-corrected chi connectivity index (χ0v) is 11.1. The minimum atomic E-state index is -4.30. The molecule has 0 aromatic heterocycles. The number of halogens is 3. The molecule has 0 radical (unpaired) electrons. The molecule has 1 aromatic carbocycles. The largest absolute Gasteiger partial charge is 0.484 e. The molecule has 0 spiro atoms. The first-order valence-corrected chi connectivity index (χ1v) is 6.32. The molecule has 3 nitrogen and oxygen atoms in total. The number of rotatable bonds is 3. The molecular formula is C12H15F3N2OS. The van der Waals surface area contributed by atoms with Gasteiger partial charge in [-0.2, -0.15) is 13.2 Å². The molecule has 0 N–H and O–H groups in total. The lowest BCUT2D eigenvalue weighted by Gasteiger charge is -2.33. The number of piperazine rings is 1. The Bertz CT molecular complexity index is 402. The molecule has 1 heterocycles. The minimum absolute atomic E-state index is 0.230. The van der Waals surface area contributed by atoms with Gasteiger partial charge in [0.1, 0.15) is 5.75 Å². The maximum absolute atomic E-state index is 12.0. The van der Waals surface area contributed by atoms with Gasteiger partial charge in [0.05, 0.1) is 0 Å². The Morgan fingerprint density at radius 2 is 1.63 bits per heavy atom. The van der Waals surface area contributed by atoms with Gasteiger partial charge >= 0.3 is 6.18 Å². The van der Waals surface area contributed by atoms with Gasteiger partial charge in [-0.15, -0.1) is 0 Å². The molecule has 0 aliphatic carbocycles. The molecule has 1 aliphatic heterocycles. The fraction of sp³-hybridized carbons (Fsp3) is 0.500. The maximum Gasteiger partial charge on any atom is 0.422 e.